The zero-order valence-electron chi connectivity index (χ0n) is 29.1. The van der Waals surface area contributed by atoms with Crippen LogP contribution >= 0.6 is 59.0 Å². The van der Waals surface area contributed by atoms with Crippen LogP contribution < -0.4 is 30.3 Å². The van der Waals surface area contributed by atoms with Gasteiger partial charge in [0.2, 0.25) is 5.91 Å². The molecule has 2 aromatic rings. The van der Waals surface area contributed by atoms with Gasteiger partial charge in [0.25, 0.3) is 21.6 Å². The van der Waals surface area contributed by atoms with Gasteiger partial charge < -0.3 is 30.5 Å². The number of amides is 2. The number of aliphatic carboxylic acids is 2. The number of carboxylic acid groups (broad SMARTS) is 2. The van der Waals surface area contributed by atoms with Gasteiger partial charge >= 0.3 is 11.9 Å². The Morgan fingerprint density at radius 3 is 2.39 bits per heavy atom. The second-order valence-electron chi connectivity index (χ2n) is 11.7. The molecule has 3 aliphatic heterocycles. The number of carboxylic acids is 2. The molecule has 0 bridgehead atoms. The van der Waals surface area contributed by atoms with Gasteiger partial charge in [-0.15, -0.1) is 20.7 Å². The van der Waals surface area contributed by atoms with E-state index < -0.39 is 58.3 Å². The van der Waals surface area contributed by atoms with Crippen LogP contribution in [0.3, 0.4) is 0 Å². The minimum Gasteiger partial charge on any atom is -0.480 e. The molecule has 25 heteroatoms. The summed E-state index contributed by atoms with van der Waals surface area (Å²) in [6.45, 7) is 2.59. The van der Waals surface area contributed by atoms with Crippen molar-refractivity contribution >= 4 is 119 Å². The van der Waals surface area contributed by atoms with Gasteiger partial charge in [0.1, 0.15) is 37.3 Å². The maximum absolute atomic E-state index is 13.7. The number of benzene rings is 1. The normalized spacial score (nSPS) is 18.8. The van der Waals surface area contributed by atoms with Crippen molar-refractivity contribution in [2.24, 2.45) is 5.73 Å². The molecule has 3 aliphatic rings. The molecule has 5 rings (SSSR count). The Bertz CT molecular complexity index is 2310. The Labute approximate surface area is 341 Å². The number of nitrogens with zero attached hydrogens (tertiary/aromatic N) is 5. The molecule has 2 saturated heterocycles. The number of ether oxygens (including phenoxy) is 1. The molecule has 0 saturated carbocycles. The third kappa shape index (κ3) is 10.2. The predicted molar refractivity (Wildman–Crippen MR) is 212 cm³/mol. The first-order valence-electron chi connectivity index (χ1n) is 16.3. The molecule has 0 spiro atoms. The number of hydroxylamine groups is 2. The van der Waals surface area contributed by atoms with E-state index >= 15 is 0 Å². The van der Waals surface area contributed by atoms with Crippen molar-refractivity contribution in [2.75, 3.05) is 61.5 Å². The number of anilines is 2. The topological polar surface area (TPSA) is 252 Å². The van der Waals surface area contributed by atoms with E-state index in [0.717, 1.165) is 21.5 Å². The molecule has 1 aromatic carbocycles. The first-order valence-corrected chi connectivity index (χ1v) is 21.1. The number of allylic oxidation sites excluding steroid dienone is 2. The monoisotopic (exact) mass is 892 g/mol. The summed E-state index contributed by atoms with van der Waals surface area (Å²) in [5.41, 5.74) is 5.66. The number of hydrogen-bond acceptors (Lipinski definition) is 17. The van der Waals surface area contributed by atoms with Crippen LogP contribution in [-0.2, 0) is 49.9 Å². The van der Waals surface area contributed by atoms with E-state index in [1.807, 2.05) is 11.8 Å². The first kappa shape index (κ1) is 43.3. The van der Waals surface area contributed by atoms with E-state index in [2.05, 4.69) is 0 Å². The number of carbonyl (C=O) groups excluding carboxylic acids is 2. The van der Waals surface area contributed by atoms with Crippen LogP contribution in [0.15, 0.2) is 45.9 Å². The van der Waals surface area contributed by atoms with E-state index in [1.54, 1.807) is 28.2 Å². The third-order valence-electron chi connectivity index (χ3n) is 8.03. The number of primary amides is 1. The summed E-state index contributed by atoms with van der Waals surface area (Å²) in [6, 6.07) is 3.40. The van der Waals surface area contributed by atoms with E-state index in [9.17, 15) is 47.2 Å². The maximum atomic E-state index is 13.7. The fraction of sp³-hybridized carbons (Fsp3) is 0.355. The van der Waals surface area contributed by atoms with Gasteiger partial charge in [0.05, 0.1) is 71.0 Å². The SMILES string of the molecule is CCN1C(=CC=CC(C(N)=O)=c2sc(=C3SC(=S)N(CC(=O)O)C3=O)n(CC(=O)O)c2=O)N(CCCS(=O)(=O)O)c2cc(SOON3CCOCC3)c(Cl)cc21. The zero-order chi connectivity index (χ0) is 40.9. The van der Waals surface area contributed by atoms with E-state index in [-0.39, 0.29) is 37.0 Å². The maximum Gasteiger partial charge on any atom is 0.323 e. The van der Waals surface area contributed by atoms with Crippen molar-refractivity contribution in [1.29, 1.82) is 0 Å². The second-order valence-corrected chi connectivity index (χ2v) is 17.1. The van der Waals surface area contributed by atoms with Gasteiger partial charge in [-0.05, 0) is 37.6 Å². The van der Waals surface area contributed by atoms with Crippen LogP contribution in [0, 0.1) is 0 Å². The number of halogens is 1. The quantitative estimate of drug-likeness (QED) is 0.0591. The van der Waals surface area contributed by atoms with Gasteiger partial charge in [-0.1, -0.05) is 41.7 Å². The number of nitrogens with two attached hydrogens (primary N) is 1. The Kier molecular flexibility index (Phi) is 14.4. The molecular formula is C31H33ClN6O13S5. The number of thiazole rings is 1. The van der Waals surface area contributed by atoms with Crippen molar-refractivity contribution in [3.05, 3.63) is 60.8 Å². The smallest absolute Gasteiger partial charge is 0.323 e. The summed E-state index contributed by atoms with van der Waals surface area (Å²) in [5, 5.41) is 20.7. The molecule has 19 nitrogen and oxygen atoms in total. The standard InChI is InChI=1S/C31H33ClN6O13S5/c1-2-35-19-13-18(32)21(55-51-50-34-8-10-49-11-9-34)14-20(19)36(7-4-12-56(46,47)48)22(35)6-3-5-17(27(33)43)25-28(44)37(15-23(39)40)30(53-25)26-29(45)38(16-24(41)42)31(52)54-26/h3,5-6,13-14H,2,4,7-12,15-16H2,1H3,(H2,33,43)(H,39,40)(H,41,42)(H,46,47,48). The minimum absolute atomic E-state index is 0.00126. The summed E-state index contributed by atoms with van der Waals surface area (Å²) in [5.74, 6) is -4.77. The van der Waals surface area contributed by atoms with E-state index in [4.69, 9.17) is 43.6 Å². The Morgan fingerprint density at radius 1 is 1.09 bits per heavy atom. The summed E-state index contributed by atoms with van der Waals surface area (Å²) in [4.78, 5) is 72.8. The lowest BCUT2D eigenvalue weighted by molar-refractivity contribution is -0.370. The van der Waals surface area contributed by atoms with E-state index in [1.165, 1.54) is 12.2 Å². The molecule has 0 unspecified atom stereocenters. The lowest BCUT2D eigenvalue weighted by Gasteiger charge is -2.24. The highest BCUT2D eigenvalue weighted by atomic mass is 35.5. The number of carbonyl (C=O) groups is 4. The Morgan fingerprint density at radius 2 is 1.77 bits per heavy atom. The van der Waals surface area contributed by atoms with Crippen LogP contribution in [0.2, 0.25) is 5.02 Å². The molecular weight excluding hydrogens is 860 g/mol. The molecule has 0 atom stereocenters. The number of thiocarbonyl (C=S) groups is 1. The summed E-state index contributed by atoms with van der Waals surface area (Å²) in [7, 11) is -4.30. The first-order chi connectivity index (χ1) is 26.5. The predicted octanol–water partition coefficient (Wildman–Crippen LogP) is 0.561. The van der Waals surface area contributed by atoms with Crippen LogP contribution in [0.4, 0.5) is 11.4 Å². The summed E-state index contributed by atoms with van der Waals surface area (Å²) in [6.07, 6.45) is 4.20. The van der Waals surface area contributed by atoms with Gasteiger partial charge in [0, 0.05) is 13.1 Å². The lowest BCUT2D eigenvalue weighted by atomic mass is 10.2. The number of hydrogen-bond donors (Lipinski definition) is 4. The Hall–Kier alpha value is -3.82. The second kappa shape index (κ2) is 18.6. The molecule has 2 fully saturated rings. The van der Waals surface area contributed by atoms with Gasteiger partial charge in [0.15, 0.2) is 0 Å². The summed E-state index contributed by atoms with van der Waals surface area (Å²) < 4.78 is 43.5. The highest BCUT2D eigenvalue weighted by Crippen LogP contribution is 2.46. The zero-order valence-corrected chi connectivity index (χ0v) is 34.0. The fourth-order valence-corrected chi connectivity index (χ4v) is 9.43. The van der Waals surface area contributed by atoms with Crippen LogP contribution in [0.1, 0.15) is 13.3 Å². The number of thioether (sulfide) groups is 1. The number of aromatic nitrogens is 1. The van der Waals surface area contributed by atoms with Crippen molar-refractivity contribution < 1.29 is 56.4 Å². The molecule has 56 heavy (non-hydrogen) atoms. The highest BCUT2D eigenvalue weighted by molar-refractivity contribution is 8.30. The molecule has 5 N–H and O–H groups in total. The van der Waals surface area contributed by atoms with Crippen LogP contribution in [0.25, 0.3) is 10.5 Å². The minimum atomic E-state index is -4.30. The molecule has 1 aromatic heterocycles. The molecule has 0 radical (unpaired) electrons. The van der Waals surface area contributed by atoms with Crippen molar-refractivity contribution in [2.45, 2.75) is 24.8 Å². The molecule has 2 amide bonds. The molecule has 0 aliphatic carbocycles. The number of fused-ring (bicyclic) bond motifs is 1. The largest absolute Gasteiger partial charge is 0.480 e. The Balaban J connectivity index is 1.56. The number of morpholine rings is 1. The van der Waals surface area contributed by atoms with Crippen molar-refractivity contribution in [1.82, 2.24) is 14.5 Å². The van der Waals surface area contributed by atoms with Crippen LogP contribution in [0.5, 0.6) is 0 Å². The summed E-state index contributed by atoms with van der Waals surface area (Å²) >= 11 is 14.0. The molecule has 302 valence electrons. The number of rotatable bonds is 16. The van der Waals surface area contributed by atoms with Crippen molar-refractivity contribution in [3.8, 4) is 0 Å². The average molecular weight is 893 g/mol. The highest BCUT2D eigenvalue weighted by Gasteiger charge is 2.36. The van der Waals surface area contributed by atoms with Gasteiger partial charge in [-0.2, -0.15) is 13.5 Å². The fourth-order valence-electron chi connectivity index (χ4n) is 5.62. The van der Waals surface area contributed by atoms with E-state index in [0.29, 0.717) is 83.1 Å². The third-order valence-corrected chi connectivity index (χ3v) is 12.7. The molecule has 4 heterocycles. The van der Waals surface area contributed by atoms with Crippen molar-refractivity contribution in [3.63, 3.8) is 0 Å². The average Bonchev–Trinajstić information content (AvgIpc) is 3.69. The van der Waals surface area contributed by atoms with Crippen LogP contribution in [-0.4, -0.2) is 117 Å². The van der Waals surface area contributed by atoms with Gasteiger partial charge in [-0.25, -0.2) is 0 Å². The lowest BCUT2D eigenvalue weighted by Crippen LogP contribution is -2.37. The van der Waals surface area contributed by atoms with Gasteiger partial charge in [-0.3, -0.25) is 38.0 Å².